The van der Waals surface area contributed by atoms with Crippen LogP contribution in [0.5, 0.6) is 0 Å². The molecule has 15 heavy (non-hydrogen) atoms. The van der Waals surface area contributed by atoms with Crippen LogP contribution in [0.3, 0.4) is 0 Å². The molecule has 0 saturated heterocycles. The molecule has 0 aliphatic rings. The first-order valence-corrected chi connectivity index (χ1v) is 5.23. The Morgan fingerprint density at radius 2 is 2.07 bits per heavy atom. The number of aromatic carboxylic acids is 1. The van der Waals surface area contributed by atoms with Gasteiger partial charge in [-0.25, -0.2) is 9.59 Å². The molecule has 0 bridgehead atoms. The molecule has 0 heterocycles. The SMILES string of the molecule is CCSOC(=O)c1cccc(C(=O)O)c1. The van der Waals surface area contributed by atoms with Gasteiger partial charge in [0.25, 0.3) is 0 Å². The number of benzene rings is 1. The fourth-order valence-corrected chi connectivity index (χ4v) is 1.26. The molecule has 0 fully saturated rings. The van der Waals surface area contributed by atoms with Gasteiger partial charge in [0.15, 0.2) is 0 Å². The van der Waals surface area contributed by atoms with Crippen molar-refractivity contribution in [3.8, 4) is 0 Å². The minimum absolute atomic E-state index is 0.0750. The molecular formula is C10H10O4S. The number of carboxylic acid groups (broad SMARTS) is 1. The van der Waals surface area contributed by atoms with Crippen molar-refractivity contribution in [1.82, 2.24) is 0 Å². The third-order valence-corrected chi connectivity index (χ3v) is 2.10. The smallest absolute Gasteiger partial charge is 0.350 e. The van der Waals surface area contributed by atoms with Crippen molar-refractivity contribution in [3.63, 3.8) is 0 Å². The Labute approximate surface area is 91.5 Å². The Morgan fingerprint density at radius 3 is 2.67 bits per heavy atom. The lowest BCUT2D eigenvalue weighted by Crippen LogP contribution is -2.03. The summed E-state index contributed by atoms with van der Waals surface area (Å²) in [6.07, 6.45) is 0. The number of carbonyl (C=O) groups excluding carboxylic acids is 1. The summed E-state index contributed by atoms with van der Waals surface area (Å²) in [6.45, 7) is 1.85. The van der Waals surface area contributed by atoms with Gasteiger partial charge in [-0.15, -0.1) is 0 Å². The van der Waals surface area contributed by atoms with E-state index in [0.717, 1.165) is 12.0 Å². The van der Waals surface area contributed by atoms with Crippen molar-refractivity contribution in [1.29, 1.82) is 0 Å². The van der Waals surface area contributed by atoms with Gasteiger partial charge in [0.05, 0.1) is 23.2 Å². The molecule has 0 atom stereocenters. The van der Waals surface area contributed by atoms with Crippen molar-refractivity contribution >= 4 is 24.0 Å². The molecule has 5 heteroatoms. The summed E-state index contributed by atoms with van der Waals surface area (Å²) < 4.78 is 4.80. The van der Waals surface area contributed by atoms with Gasteiger partial charge in [-0.2, -0.15) is 0 Å². The number of rotatable bonds is 4. The number of carboxylic acids is 1. The molecular weight excluding hydrogens is 216 g/mol. The highest BCUT2D eigenvalue weighted by atomic mass is 32.2. The molecule has 0 saturated carbocycles. The molecule has 0 spiro atoms. The van der Waals surface area contributed by atoms with E-state index in [4.69, 9.17) is 9.29 Å². The lowest BCUT2D eigenvalue weighted by Gasteiger charge is -2.01. The Hall–Kier alpha value is -1.49. The maximum Gasteiger partial charge on any atom is 0.350 e. The predicted octanol–water partition coefficient (Wildman–Crippen LogP) is 2.21. The summed E-state index contributed by atoms with van der Waals surface area (Å²) in [5, 5.41) is 8.71. The molecule has 80 valence electrons. The summed E-state index contributed by atoms with van der Waals surface area (Å²) >= 11 is 1.03. The fourth-order valence-electron chi connectivity index (χ4n) is 0.940. The van der Waals surface area contributed by atoms with Crippen LogP contribution in [0.15, 0.2) is 24.3 Å². The quantitative estimate of drug-likeness (QED) is 0.797. The van der Waals surface area contributed by atoms with Crippen LogP contribution in [0, 0.1) is 0 Å². The first-order valence-electron chi connectivity index (χ1n) is 4.32. The maximum atomic E-state index is 11.3. The van der Waals surface area contributed by atoms with E-state index in [9.17, 15) is 9.59 Å². The van der Waals surface area contributed by atoms with E-state index in [-0.39, 0.29) is 11.1 Å². The van der Waals surface area contributed by atoms with Gasteiger partial charge in [0.2, 0.25) is 0 Å². The van der Waals surface area contributed by atoms with Crippen molar-refractivity contribution in [2.45, 2.75) is 6.92 Å². The monoisotopic (exact) mass is 226 g/mol. The normalized spacial score (nSPS) is 9.67. The van der Waals surface area contributed by atoms with Crippen LogP contribution in [0.1, 0.15) is 27.6 Å². The average molecular weight is 226 g/mol. The second-order valence-corrected chi connectivity index (χ2v) is 3.64. The number of hydrogen-bond donors (Lipinski definition) is 1. The second kappa shape index (κ2) is 5.41. The molecule has 1 N–H and O–H groups in total. The van der Waals surface area contributed by atoms with E-state index in [1.165, 1.54) is 24.3 Å². The molecule has 0 radical (unpaired) electrons. The predicted molar refractivity (Wildman–Crippen MR) is 56.9 cm³/mol. The lowest BCUT2D eigenvalue weighted by molar-refractivity contribution is 0.0697. The highest BCUT2D eigenvalue weighted by molar-refractivity contribution is 7.95. The Kier molecular flexibility index (Phi) is 4.17. The minimum atomic E-state index is -1.06. The summed E-state index contributed by atoms with van der Waals surface area (Å²) in [5.74, 6) is -0.928. The lowest BCUT2D eigenvalue weighted by atomic mass is 10.1. The van der Waals surface area contributed by atoms with E-state index in [1.807, 2.05) is 6.92 Å². The third kappa shape index (κ3) is 3.28. The van der Waals surface area contributed by atoms with Crippen LogP contribution in [-0.2, 0) is 4.18 Å². The fraction of sp³-hybridized carbons (Fsp3) is 0.200. The zero-order valence-corrected chi connectivity index (χ0v) is 8.91. The van der Waals surface area contributed by atoms with E-state index in [1.54, 1.807) is 0 Å². The largest absolute Gasteiger partial charge is 0.478 e. The van der Waals surface area contributed by atoms with E-state index >= 15 is 0 Å². The van der Waals surface area contributed by atoms with E-state index < -0.39 is 11.9 Å². The third-order valence-electron chi connectivity index (χ3n) is 1.60. The number of carbonyl (C=O) groups is 2. The number of hydrogen-bond acceptors (Lipinski definition) is 4. The van der Waals surface area contributed by atoms with Crippen LogP contribution < -0.4 is 0 Å². The van der Waals surface area contributed by atoms with Gasteiger partial charge >= 0.3 is 11.9 Å². The molecule has 0 unspecified atom stereocenters. The minimum Gasteiger partial charge on any atom is -0.478 e. The summed E-state index contributed by atoms with van der Waals surface area (Å²) in [4.78, 5) is 22.0. The van der Waals surface area contributed by atoms with Gasteiger partial charge in [0.1, 0.15) is 0 Å². The van der Waals surface area contributed by atoms with Crippen molar-refractivity contribution < 1.29 is 18.9 Å². The van der Waals surface area contributed by atoms with Gasteiger partial charge in [-0.3, -0.25) is 0 Å². The van der Waals surface area contributed by atoms with Gasteiger partial charge in [0, 0.05) is 5.75 Å². The average Bonchev–Trinajstić information content (AvgIpc) is 2.26. The van der Waals surface area contributed by atoms with Crippen LogP contribution in [-0.4, -0.2) is 22.8 Å². The van der Waals surface area contributed by atoms with E-state index in [0.29, 0.717) is 5.75 Å². The molecule has 0 aliphatic carbocycles. The van der Waals surface area contributed by atoms with Gasteiger partial charge in [-0.05, 0) is 18.2 Å². The second-order valence-electron chi connectivity index (χ2n) is 2.66. The Balaban J connectivity index is 2.81. The standard InChI is InChI=1S/C10H10O4S/c1-2-15-14-10(13)8-5-3-4-7(6-8)9(11)12/h3-6H,2H2,1H3,(H,11,12). The molecule has 0 aliphatic heterocycles. The summed E-state index contributed by atoms with van der Waals surface area (Å²) in [7, 11) is 0. The maximum absolute atomic E-state index is 11.3. The van der Waals surface area contributed by atoms with Gasteiger partial charge < -0.3 is 9.29 Å². The Morgan fingerprint density at radius 1 is 1.40 bits per heavy atom. The topological polar surface area (TPSA) is 63.6 Å². The van der Waals surface area contributed by atoms with Crippen molar-refractivity contribution in [2.75, 3.05) is 5.75 Å². The zero-order chi connectivity index (χ0) is 11.3. The first-order chi connectivity index (χ1) is 7.15. The van der Waals surface area contributed by atoms with Crippen LogP contribution >= 0.6 is 12.0 Å². The highest BCUT2D eigenvalue weighted by Gasteiger charge is 2.10. The van der Waals surface area contributed by atoms with Crippen LogP contribution in [0.4, 0.5) is 0 Å². The van der Waals surface area contributed by atoms with Crippen LogP contribution in [0.2, 0.25) is 0 Å². The molecule has 1 rings (SSSR count). The molecule has 0 aromatic heterocycles. The van der Waals surface area contributed by atoms with Gasteiger partial charge in [-0.1, -0.05) is 13.0 Å². The molecule has 1 aromatic carbocycles. The summed E-state index contributed by atoms with van der Waals surface area (Å²) in [6, 6.07) is 5.74. The summed E-state index contributed by atoms with van der Waals surface area (Å²) in [5.41, 5.74) is 0.321. The van der Waals surface area contributed by atoms with Crippen molar-refractivity contribution in [2.24, 2.45) is 0 Å². The molecule has 0 amide bonds. The molecule has 4 nitrogen and oxygen atoms in total. The highest BCUT2D eigenvalue weighted by Crippen LogP contribution is 2.11. The zero-order valence-electron chi connectivity index (χ0n) is 8.10. The van der Waals surface area contributed by atoms with E-state index in [2.05, 4.69) is 0 Å². The first kappa shape index (κ1) is 11.6. The van der Waals surface area contributed by atoms with Crippen LogP contribution in [0.25, 0.3) is 0 Å². The molecule has 1 aromatic rings. The van der Waals surface area contributed by atoms with Crippen molar-refractivity contribution in [3.05, 3.63) is 35.4 Å². The Bertz CT molecular complexity index is 375.